The van der Waals surface area contributed by atoms with Crippen LogP contribution in [0, 0.1) is 6.92 Å². The first kappa shape index (κ1) is 35.7. The second-order valence-corrected chi connectivity index (χ2v) is 15.7. The number of aryl methyl sites for hydroxylation is 2. The van der Waals surface area contributed by atoms with Crippen molar-refractivity contribution in [1.82, 2.24) is 14.8 Å². The minimum Gasteiger partial charge on any atom is -0.443 e. The summed E-state index contributed by atoms with van der Waals surface area (Å²) in [5, 5.41) is 0. The van der Waals surface area contributed by atoms with Crippen molar-refractivity contribution in [3.05, 3.63) is 52.7 Å². The van der Waals surface area contributed by atoms with Gasteiger partial charge in [0.15, 0.2) is 0 Å². The third-order valence-corrected chi connectivity index (χ3v) is 9.46. The Labute approximate surface area is 276 Å². The van der Waals surface area contributed by atoms with Crippen LogP contribution in [0.3, 0.4) is 0 Å². The zero-order valence-electron chi connectivity index (χ0n) is 28.5. The highest BCUT2D eigenvalue weighted by Crippen LogP contribution is 2.29. The van der Waals surface area contributed by atoms with Crippen molar-refractivity contribution in [2.75, 3.05) is 47.7 Å². The highest BCUT2D eigenvalue weighted by atomic mass is 32.2. The normalized spacial score (nSPS) is 16.6. The highest BCUT2D eigenvalue weighted by molar-refractivity contribution is 7.93. The molecule has 3 heterocycles. The van der Waals surface area contributed by atoms with Gasteiger partial charge in [0.05, 0.1) is 22.6 Å². The number of sulfonamides is 1. The summed E-state index contributed by atoms with van der Waals surface area (Å²) in [7, 11) is -3.66. The summed E-state index contributed by atoms with van der Waals surface area (Å²) >= 11 is 0. The molecule has 4 amide bonds. The van der Waals surface area contributed by atoms with Crippen molar-refractivity contribution < 1.29 is 37.1 Å². The van der Waals surface area contributed by atoms with E-state index in [2.05, 4.69) is 22.9 Å². The van der Waals surface area contributed by atoms with Crippen LogP contribution in [-0.2, 0) is 25.9 Å². The molecule has 0 unspecified atom stereocenters. The van der Waals surface area contributed by atoms with E-state index in [0.29, 0.717) is 32.6 Å². The maximum absolute atomic E-state index is 14.2. The van der Waals surface area contributed by atoms with Crippen molar-refractivity contribution in [1.29, 1.82) is 0 Å². The molecule has 0 radical (unpaired) electrons. The molecule has 2 aliphatic rings. The number of imide groups is 3. The maximum atomic E-state index is 14.2. The lowest BCUT2D eigenvalue weighted by Gasteiger charge is -2.36. The molecule has 2 aliphatic heterocycles. The molecule has 2 saturated heterocycles. The molecule has 0 saturated carbocycles. The van der Waals surface area contributed by atoms with Crippen molar-refractivity contribution in [2.24, 2.45) is 0 Å². The molecule has 13 nitrogen and oxygen atoms in total. The topological polar surface area (TPSA) is 147 Å². The van der Waals surface area contributed by atoms with Crippen LogP contribution >= 0.6 is 0 Å². The molecular formula is C33H45N5O8S. The second-order valence-electron chi connectivity index (χ2n) is 13.7. The minimum absolute atomic E-state index is 0.0707. The standard InChI is InChI=1S/C33H45N5O8S/c1-9-23-19-22(2)27(34-21-23)35-14-16-36(17-15-35)28(39)25-12-11-24(37-13-10-18-47(37,43)44)20-26(25)29(40)38(30(41)45-32(3,4)5)31(42)46-33(6,7)8/h11-12,19-21H,9-10,13-18H2,1-8H3. The fraction of sp³-hybridized carbons (Fsp3) is 0.545. The summed E-state index contributed by atoms with van der Waals surface area (Å²) in [5.74, 6) is -0.918. The lowest BCUT2D eigenvalue weighted by Crippen LogP contribution is -2.50. The van der Waals surface area contributed by atoms with E-state index in [0.717, 1.165) is 27.7 Å². The lowest BCUT2D eigenvalue weighted by atomic mass is 10.0. The van der Waals surface area contributed by atoms with Gasteiger partial charge in [0.1, 0.15) is 17.0 Å². The second kappa shape index (κ2) is 13.5. The van der Waals surface area contributed by atoms with Gasteiger partial charge in [-0.25, -0.2) is 23.0 Å². The number of ether oxygens (including phenoxy) is 2. The van der Waals surface area contributed by atoms with E-state index in [1.807, 2.05) is 13.1 Å². The van der Waals surface area contributed by atoms with E-state index in [4.69, 9.17) is 9.47 Å². The summed E-state index contributed by atoms with van der Waals surface area (Å²) in [5.41, 5.74) is -0.276. The van der Waals surface area contributed by atoms with Crippen LogP contribution in [0.1, 0.15) is 86.7 Å². The average Bonchev–Trinajstić information content (AvgIpc) is 3.33. The van der Waals surface area contributed by atoms with Crippen LogP contribution in [0.15, 0.2) is 30.5 Å². The summed E-state index contributed by atoms with van der Waals surface area (Å²) in [6.45, 7) is 15.3. The lowest BCUT2D eigenvalue weighted by molar-refractivity contribution is 0.00383. The van der Waals surface area contributed by atoms with Gasteiger partial charge < -0.3 is 19.3 Å². The highest BCUT2D eigenvalue weighted by Gasteiger charge is 2.40. The first-order valence-corrected chi connectivity index (χ1v) is 17.4. The van der Waals surface area contributed by atoms with Gasteiger partial charge in [-0.05, 0) is 90.6 Å². The van der Waals surface area contributed by atoms with E-state index in [-0.39, 0.29) is 34.0 Å². The molecule has 0 aliphatic carbocycles. The molecule has 2 aromatic rings. The van der Waals surface area contributed by atoms with Gasteiger partial charge in [-0.2, -0.15) is 0 Å². The Morgan fingerprint density at radius 2 is 1.47 bits per heavy atom. The summed E-state index contributed by atoms with van der Waals surface area (Å²) < 4.78 is 37.5. The van der Waals surface area contributed by atoms with E-state index in [1.54, 1.807) is 46.4 Å². The number of anilines is 2. The largest absolute Gasteiger partial charge is 0.443 e. The van der Waals surface area contributed by atoms with E-state index in [1.165, 1.54) is 18.2 Å². The Hall–Kier alpha value is -4.20. The number of hydrogen-bond donors (Lipinski definition) is 0. The first-order chi connectivity index (χ1) is 21.8. The van der Waals surface area contributed by atoms with Crippen LogP contribution in [0.4, 0.5) is 21.1 Å². The Morgan fingerprint density at radius 3 is 1.96 bits per heavy atom. The molecule has 4 rings (SSSR count). The zero-order chi connectivity index (χ0) is 34.9. The van der Waals surface area contributed by atoms with Crippen molar-refractivity contribution in [3.63, 3.8) is 0 Å². The fourth-order valence-corrected chi connectivity index (χ4v) is 6.95. The Bertz CT molecular complexity index is 1630. The van der Waals surface area contributed by atoms with E-state index < -0.39 is 45.2 Å². The van der Waals surface area contributed by atoms with Crippen LogP contribution < -0.4 is 9.21 Å². The molecule has 0 bridgehead atoms. The monoisotopic (exact) mass is 671 g/mol. The molecule has 47 heavy (non-hydrogen) atoms. The number of hydrogen-bond acceptors (Lipinski definition) is 10. The van der Waals surface area contributed by atoms with Crippen LogP contribution in [0.5, 0.6) is 0 Å². The summed E-state index contributed by atoms with van der Waals surface area (Å²) in [6, 6.07) is 6.15. The van der Waals surface area contributed by atoms with Gasteiger partial charge in [-0.1, -0.05) is 13.0 Å². The number of rotatable bonds is 5. The molecular weight excluding hydrogens is 626 g/mol. The van der Waals surface area contributed by atoms with E-state index in [9.17, 15) is 27.6 Å². The van der Waals surface area contributed by atoms with Gasteiger partial charge in [0.25, 0.3) is 11.8 Å². The summed E-state index contributed by atoms with van der Waals surface area (Å²) in [6.07, 6.45) is 0.522. The molecule has 2 fully saturated rings. The quantitative estimate of drug-likeness (QED) is 0.436. The Kier molecular flexibility index (Phi) is 10.2. The van der Waals surface area contributed by atoms with Gasteiger partial charge >= 0.3 is 12.2 Å². The number of carbonyl (C=O) groups excluding carboxylic acids is 4. The van der Waals surface area contributed by atoms with Gasteiger partial charge in [0, 0.05) is 38.9 Å². The van der Waals surface area contributed by atoms with Gasteiger partial charge in [0.2, 0.25) is 10.0 Å². The molecule has 1 aromatic heterocycles. The van der Waals surface area contributed by atoms with Crippen molar-refractivity contribution in [3.8, 4) is 0 Å². The molecule has 0 atom stereocenters. The molecule has 1 aromatic carbocycles. The van der Waals surface area contributed by atoms with Gasteiger partial charge in [-0.3, -0.25) is 13.9 Å². The maximum Gasteiger partial charge on any atom is 0.427 e. The number of benzene rings is 1. The van der Waals surface area contributed by atoms with Crippen molar-refractivity contribution >= 4 is 45.5 Å². The third-order valence-electron chi connectivity index (χ3n) is 7.59. The van der Waals surface area contributed by atoms with Crippen LogP contribution in [0.25, 0.3) is 0 Å². The number of pyridine rings is 1. The Morgan fingerprint density at radius 1 is 0.872 bits per heavy atom. The third kappa shape index (κ3) is 8.40. The molecule has 256 valence electrons. The molecule has 0 spiro atoms. The predicted molar refractivity (Wildman–Crippen MR) is 177 cm³/mol. The SMILES string of the molecule is CCc1cnc(N2CCN(C(=O)c3ccc(N4CCCS4(=O)=O)cc3C(=O)N(C(=O)OC(C)(C)C)C(=O)OC(C)(C)C)CC2)c(C)c1. The number of aromatic nitrogens is 1. The van der Waals surface area contributed by atoms with Crippen LogP contribution in [-0.4, -0.2) is 96.9 Å². The minimum atomic E-state index is -3.66. The van der Waals surface area contributed by atoms with E-state index >= 15 is 0 Å². The fourth-order valence-electron chi connectivity index (χ4n) is 5.40. The number of carbonyl (C=O) groups is 4. The number of piperazine rings is 1. The first-order valence-electron chi connectivity index (χ1n) is 15.8. The average molecular weight is 672 g/mol. The van der Waals surface area contributed by atoms with Gasteiger partial charge in [-0.15, -0.1) is 4.90 Å². The summed E-state index contributed by atoms with van der Waals surface area (Å²) in [4.78, 5) is 63.5. The van der Waals surface area contributed by atoms with Crippen LogP contribution in [0.2, 0.25) is 0 Å². The van der Waals surface area contributed by atoms with Crippen molar-refractivity contribution in [2.45, 2.75) is 79.4 Å². The predicted octanol–water partition coefficient (Wildman–Crippen LogP) is 4.77. The smallest absolute Gasteiger partial charge is 0.427 e. The molecule has 14 heteroatoms. The molecule has 0 N–H and O–H groups in total. The Balaban J connectivity index is 1.71. The number of amides is 4. The zero-order valence-corrected chi connectivity index (χ0v) is 29.3. The number of nitrogens with zero attached hydrogens (tertiary/aromatic N) is 5.